The molecular formula is C18H28Br2O5. The molecule has 7 heteroatoms. The van der Waals surface area contributed by atoms with Crippen molar-refractivity contribution in [3.05, 3.63) is 12.2 Å². The minimum Gasteiger partial charge on any atom is -0.376 e. The van der Waals surface area contributed by atoms with Crippen LogP contribution in [0.1, 0.15) is 40.0 Å². The molecule has 2 fully saturated rings. The van der Waals surface area contributed by atoms with Gasteiger partial charge in [-0.2, -0.15) is 0 Å². The van der Waals surface area contributed by atoms with Crippen molar-refractivity contribution in [1.82, 2.24) is 0 Å². The summed E-state index contributed by atoms with van der Waals surface area (Å²) < 4.78 is 15.5. The Hall–Kier alpha value is -0.0800. The first kappa shape index (κ1) is 23.0. The Balaban J connectivity index is 0.000000189. The molecular weight excluding hydrogens is 456 g/mol. The first-order valence-corrected chi connectivity index (χ1v) is 10.5. The molecule has 2 saturated heterocycles. The average Bonchev–Trinajstić information content (AvgIpc) is 2.59. The molecule has 3 aliphatic rings. The number of hydrogen-bond acceptors (Lipinski definition) is 5. The maximum atomic E-state index is 11.0. The standard InChI is InChI=1S/2C6H9BrO2.C6H10O/c1-4-6(7)5(8)2-3-9-4;1-4-6(8)5(7)2-3-9-4;1-6-4-2-3-5-7-6/h4,6H,2-3H2,1H3;4-5H,2-3H2,1H3;2,4,6H,3,5H2,1H3. The van der Waals surface area contributed by atoms with E-state index in [4.69, 9.17) is 14.2 Å². The SMILES string of the molecule is CC1C=CCCO1.CC1OCCC(=O)C1Br.CC1OCCC(Br)C1=O. The highest BCUT2D eigenvalue weighted by Crippen LogP contribution is 2.17. The van der Waals surface area contributed by atoms with Crippen LogP contribution in [0.2, 0.25) is 0 Å². The van der Waals surface area contributed by atoms with Gasteiger partial charge < -0.3 is 14.2 Å². The van der Waals surface area contributed by atoms with Gasteiger partial charge in [-0.25, -0.2) is 0 Å². The molecule has 0 spiro atoms. The van der Waals surface area contributed by atoms with Gasteiger partial charge in [0, 0.05) is 13.0 Å². The van der Waals surface area contributed by atoms with E-state index in [0.29, 0.717) is 25.7 Å². The molecule has 3 aliphatic heterocycles. The molecule has 0 aliphatic carbocycles. The van der Waals surface area contributed by atoms with Crippen LogP contribution in [-0.4, -0.2) is 59.4 Å². The van der Waals surface area contributed by atoms with E-state index in [0.717, 1.165) is 19.4 Å². The molecule has 0 bridgehead atoms. The Labute approximate surface area is 167 Å². The maximum absolute atomic E-state index is 11.0. The molecule has 5 unspecified atom stereocenters. The average molecular weight is 484 g/mol. The molecule has 25 heavy (non-hydrogen) atoms. The number of alkyl halides is 2. The van der Waals surface area contributed by atoms with Crippen molar-refractivity contribution in [1.29, 1.82) is 0 Å². The molecule has 5 atom stereocenters. The molecule has 0 aromatic carbocycles. The summed E-state index contributed by atoms with van der Waals surface area (Å²) in [6, 6.07) is 0. The first-order valence-electron chi connectivity index (χ1n) is 8.69. The predicted molar refractivity (Wildman–Crippen MR) is 105 cm³/mol. The summed E-state index contributed by atoms with van der Waals surface area (Å²) in [5.41, 5.74) is 0. The van der Waals surface area contributed by atoms with Gasteiger partial charge >= 0.3 is 0 Å². The number of ketones is 2. The molecule has 0 aromatic heterocycles. The van der Waals surface area contributed by atoms with E-state index in [1.807, 2.05) is 6.92 Å². The second-order valence-corrected chi connectivity index (χ2v) is 8.25. The number of Topliss-reactive ketones (excluding diaryl/α,β-unsaturated/α-hetero) is 2. The zero-order valence-electron chi connectivity index (χ0n) is 15.1. The van der Waals surface area contributed by atoms with Crippen LogP contribution >= 0.6 is 31.9 Å². The van der Waals surface area contributed by atoms with E-state index in [-0.39, 0.29) is 33.4 Å². The minimum absolute atomic E-state index is 0.0289. The van der Waals surface area contributed by atoms with Crippen LogP contribution in [0.5, 0.6) is 0 Å². The molecule has 0 aromatic rings. The van der Waals surface area contributed by atoms with Gasteiger partial charge in [0.1, 0.15) is 6.10 Å². The first-order chi connectivity index (χ1) is 11.8. The summed E-state index contributed by atoms with van der Waals surface area (Å²) >= 11 is 6.51. The fourth-order valence-corrected chi connectivity index (χ4v) is 3.26. The highest BCUT2D eigenvalue weighted by molar-refractivity contribution is 9.10. The summed E-state index contributed by atoms with van der Waals surface area (Å²) in [6.07, 6.45) is 6.90. The Bertz CT molecular complexity index is 443. The highest BCUT2D eigenvalue weighted by atomic mass is 79.9. The van der Waals surface area contributed by atoms with Crippen LogP contribution in [0.3, 0.4) is 0 Å². The summed E-state index contributed by atoms with van der Waals surface area (Å²) in [5.74, 6) is 0.426. The lowest BCUT2D eigenvalue weighted by Gasteiger charge is -2.22. The van der Waals surface area contributed by atoms with Crippen LogP contribution in [0.15, 0.2) is 12.2 Å². The van der Waals surface area contributed by atoms with E-state index in [9.17, 15) is 9.59 Å². The zero-order valence-corrected chi connectivity index (χ0v) is 18.3. The Kier molecular flexibility index (Phi) is 11.3. The molecule has 3 rings (SSSR count). The van der Waals surface area contributed by atoms with Crippen LogP contribution < -0.4 is 0 Å². The lowest BCUT2D eigenvalue weighted by molar-refractivity contribution is -0.133. The van der Waals surface area contributed by atoms with Gasteiger partial charge in [0.05, 0.1) is 35.1 Å². The third kappa shape index (κ3) is 8.91. The largest absolute Gasteiger partial charge is 0.376 e. The third-order valence-corrected chi connectivity index (χ3v) is 6.13. The van der Waals surface area contributed by atoms with Crippen molar-refractivity contribution in [2.75, 3.05) is 19.8 Å². The van der Waals surface area contributed by atoms with Crippen molar-refractivity contribution < 1.29 is 23.8 Å². The maximum Gasteiger partial charge on any atom is 0.174 e. The smallest absolute Gasteiger partial charge is 0.174 e. The third-order valence-electron chi connectivity index (χ3n) is 3.97. The van der Waals surface area contributed by atoms with Crippen LogP contribution in [-0.2, 0) is 23.8 Å². The number of halogens is 2. The lowest BCUT2D eigenvalue weighted by atomic mass is 10.1. The van der Waals surface area contributed by atoms with Gasteiger partial charge in [0.15, 0.2) is 11.6 Å². The van der Waals surface area contributed by atoms with Crippen molar-refractivity contribution >= 4 is 43.4 Å². The second kappa shape index (κ2) is 12.3. The monoisotopic (exact) mass is 482 g/mol. The predicted octanol–water partition coefficient (Wildman–Crippen LogP) is 3.61. The quantitative estimate of drug-likeness (QED) is 0.389. The van der Waals surface area contributed by atoms with Crippen LogP contribution in [0.4, 0.5) is 0 Å². The number of carbonyl (C=O) groups is 2. The summed E-state index contributed by atoms with van der Waals surface area (Å²) in [6.45, 7) is 7.92. The minimum atomic E-state index is -0.205. The van der Waals surface area contributed by atoms with Gasteiger partial charge in [-0.1, -0.05) is 44.0 Å². The number of ether oxygens (including phenoxy) is 3. The number of rotatable bonds is 0. The molecule has 0 radical (unpaired) electrons. The molecule has 5 nitrogen and oxygen atoms in total. The van der Waals surface area contributed by atoms with Gasteiger partial charge in [0.25, 0.3) is 0 Å². The zero-order chi connectivity index (χ0) is 18.8. The van der Waals surface area contributed by atoms with Gasteiger partial charge in [-0.15, -0.1) is 0 Å². The number of hydrogen-bond donors (Lipinski definition) is 0. The van der Waals surface area contributed by atoms with Crippen molar-refractivity contribution in [2.24, 2.45) is 0 Å². The van der Waals surface area contributed by atoms with Crippen LogP contribution in [0, 0.1) is 0 Å². The van der Waals surface area contributed by atoms with E-state index in [1.165, 1.54) is 0 Å². The van der Waals surface area contributed by atoms with Crippen molar-refractivity contribution in [2.45, 2.75) is 68.0 Å². The number of carbonyl (C=O) groups excluding carboxylic acids is 2. The van der Waals surface area contributed by atoms with E-state index >= 15 is 0 Å². The van der Waals surface area contributed by atoms with Crippen molar-refractivity contribution in [3.8, 4) is 0 Å². The normalized spacial score (nSPS) is 35.2. The molecule has 3 heterocycles. The van der Waals surface area contributed by atoms with Crippen LogP contribution in [0.25, 0.3) is 0 Å². The highest BCUT2D eigenvalue weighted by Gasteiger charge is 2.27. The molecule has 0 amide bonds. The van der Waals surface area contributed by atoms with E-state index in [1.54, 1.807) is 6.92 Å². The second-order valence-electron chi connectivity index (χ2n) is 6.16. The molecule has 0 saturated carbocycles. The Morgan fingerprint density at radius 2 is 1.72 bits per heavy atom. The Morgan fingerprint density at radius 1 is 1.00 bits per heavy atom. The van der Waals surface area contributed by atoms with E-state index < -0.39 is 0 Å². The van der Waals surface area contributed by atoms with Gasteiger partial charge in [-0.05, 0) is 33.6 Å². The Morgan fingerprint density at radius 3 is 2.12 bits per heavy atom. The molecule has 144 valence electrons. The van der Waals surface area contributed by atoms with Crippen molar-refractivity contribution in [3.63, 3.8) is 0 Å². The fraction of sp³-hybridized carbons (Fsp3) is 0.778. The summed E-state index contributed by atoms with van der Waals surface area (Å²) in [5, 5.41) is 0. The van der Waals surface area contributed by atoms with Gasteiger partial charge in [0.2, 0.25) is 0 Å². The van der Waals surface area contributed by atoms with E-state index in [2.05, 4.69) is 50.9 Å². The lowest BCUT2D eigenvalue weighted by Crippen LogP contribution is -2.35. The summed E-state index contributed by atoms with van der Waals surface area (Å²) in [7, 11) is 0. The van der Waals surface area contributed by atoms with Gasteiger partial charge in [-0.3, -0.25) is 9.59 Å². The topological polar surface area (TPSA) is 61.8 Å². The molecule has 0 N–H and O–H groups in total. The summed E-state index contributed by atoms with van der Waals surface area (Å²) in [4.78, 5) is 21.8. The fourth-order valence-electron chi connectivity index (χ4n) is 2.32.